The largest absolute Gasteiger partial charge is 0.322 e. The normalized spacial score (nSPS) is 24.9. The maximum Gasteiger partial charge on any atom is 0.322 e. The van der Waals surface area contributed by atoms with Crippen molar-refractivity contribution >= 4 is 11.9 Å². The molecule has 2 N–H and O–H groups in total. The first-order chi connectivity index (χ1) is 7.04. The molecule has 0 aliphatic carbocycles. The van der Waals surface area contributed by atoms with E-state index in [4.69, 9.17) is 0 Å². The second kappa shape index (κ2) is 3.08. The highest BCUT2D eigenvalue weighted by Gasteiger charge is 2.43. The van der Waals surface area contributed by atoms with E-state index in [1.165, 1.54) is 0 Å². The zero-order valence-corrected chi connectivity index (χ0v) is 8.63. The van der Waals surface area contributed by atoms with Gasteiger partial charge in [0.05, 0.1) is 0 Å². The van der Waals surface area contributed by atoms with Gasteiger partial charge in [-0.1, -0.05) is 24.3 Å². The average molecular weight is 204 g/mol. The number of nitrogens with one attached hydrogen (secondary N) is 2. The lowest BCUT2D eigenvalue weighted by molar-refractivity contribution is -0.123. The Bertz CT molecular complexity index is 442. The first-order valence-corrected chi connectivity index (χ1v) is 4.74. The van der Waals surface area contributed by atoms with Crippen LogP contribution in [-0.4, -0.2) is 11.9 Å². The molecule has 0 bridgehead atoms. The fourth-order valence-electron chi connectivity index (χ4n) is 1.87. The second-order valence-electron chi connectivity index (χ2n) is 3.85. The summed E-state index contributed by atoms with van der Waals surface area (Å²) in [5, 5.41) is 4.88. The van der Waals surface area contributed by atoms with Gasteiger partial charge < -0.3 is 5.32 Å². The molecule has 3 amide bonds. The fourth-order valence-corrected chi connectivity index (χ4v) is 1.87. The van der Waals surface area contributed by atoms with Crippen LogP contribution in [0.15, 0.2) is 24.3 Å². The summed E-state index contributed by atoms with van der Waals surface area (Å²) in [4.78, 5) is 22.8. The second-order valence-corrected chi connectivity index (χ2v) is 3.85. The van der Waals surface area contributed by atoms with Crippen LogP contribution >= 0.6 is 0 Å². The smallest absolute Gasteiger partial charge is 0.320 e. The molecule has 1 aromatic carbocycles. The van der Waals surface area contributed by atoms with E-state index in [2.05, 4.69) is 10.6 Å². The van der Waals surface area contributed by atoms with Gasteiger partial charge in [-0.3, -0.25) is 10.1 Å². The molecule has 15 heavy (non-hydrogen) atoms. The molecule has 1 aliphatic rings. The molecule has 1 aliphatic heterocycles. The minimum absolute atomic E-state index is 0.304. The van der Waals surface area contributed by atoms with E-state index in [-0.39, 0.29) is 5.91 Å². The van der Waals surface area contributed by atoms with Crippen molar-refractivity contribution in [2.24, 2.45) is 0 Å². The lowest BCUT2D eigenvalue weighted by Crippen LogP contribution is -2.41. The molecule has 2 rings (SSSR count). The predicted octanol–water partition coefficient (Wildman–Crippen LogP) is 1.05. The van der Waals surface area contributed by atoms with Crippen molar-refractivity contribution in [2.75, 3.05) is 0 Å². The van der Waals surface area contributed by atoms with Gasteiger partial charge in [0, 0.05) is 0 Å². The third-order valence-electron chi connectivity index (χ3n) is 2.73. The van der Waals surface area contributed by atoms with Crippen LogP contribution < -0.4 is 10.6 Å². The van der Waals surface area contributed by atoms with Gasteiger partial charge in [0.25, 0.3) is 5.91 Å². The van der Waals surface area contributed by atoms with Crippen LogP contribution in [0.5, 0.6) is 0 Å². The Morgan fingerprint density at radius 2 is 1.87 bits per heavy atom. The van der Waals surface area contributed by atoms with Gasteiger partial charge in [-0.2, -0.15) is 0 Å². The highest BCUT2D eigenvalue weighted by molar-refractivity contribution is 6.07. The molecule has 78 valence electrons. The molecular formula is C11H12N2O2. The molecule has 1 atom stereocenters. The van der Waals surface area contributed by atoms with E-state index in [1.54, 1.807) is 6.92 Å². The Morgan fingerprint density at radius 3 is 2.40 bits per heavy atom. The van der Waals surface area contributed by atoms with Gasteiger partial charge >= 0.3 is 6.03 Å². The van der Waals surface area contributed by atoms with E-state index >= 15 is 0 Å². The van der Waals surface area contributed by atoms with Crippen LogP contribution in [0.3, 0.4) is 0 Å². The lowest BCUT2D eigenvalue weighted by atomic mass is 9.89. The number of imide groups is 1. The standard InChI is InChI=1S/C11H12N2O2/c1-7-5-3-4-6-8(7)11(2)9(14)12-10(15)13-11/h3-6H,1-2H3,(H2,12,13,14,15). The van der Waals surface area contributed by atoms with Gasteiger partial charge in [0.1, 0.15) is 5.54 Å². The molecular weight excluding hydrogens is 192 g/mol. The van der Waals surface area contributed by atoms with Crippen molar-refractivity contribution in [3.8, 4) is 0 Å². The van der Waals surface area contributed by atoms with Crippen LogP contribution in [0.25, 0.3) is 0 Å². The lowest BCUT2D eigenvalue weighted by Gasteiger charge is -2.22. The third-order valence-corrected chi connectivity index (χ3v) is 2.73. The summed E-state index contributed by atoms with van der Waals surface area (Å²) in [6.45, 7) is 3.62. The van der Waals surface area contributed by atoms with Crippen molar-refractivity contribution in [2.45, 2.75) is 19.4 Å². The van der Waals surface area contributed by atoms with Gasteiger partial charge in [0.15, 0.2) is 0 Å². The maximum atomic E-state index is 11.7. The molecule has 4 nitrogen and oxygen atoms in total. The summed E-state index contributed by atoms with van der Waals surface area (Å²) in [6.07, 6.45) is 0. The third kappa shape index (κ3) is 1.38. The van der Waals surface area contributed by atoms with E-state index < -0.39 is 11.6 Å². The topological polar surface area (TPSA) is 58.2 Å². The minimum Gasteiger partial charge on any atom is -0.320 e. The summed E-state index contributed by atoms with van der Waals surface area (Å²) >= 11 is 0. The number of urea groups is 1. The number of carbonyl (C=O) groups excluding carboxylic acids is 2. The zero-order chi connectivity index (χ0) is 11.1. The fraction of sp³-hybridized carbons (Fsp3) is 0.273. The highest BCUT2D eigenvalue weighted by atomic mass is 16.2. The Labute approximate surface area is 87.7 Å². The van der Waals surface area contributed by atoms with E-state index in [0.29, 0.717) is 0 Å². The number of benzene rings is 1. The van der Waals surface area contributed by atoms with Crippen LogP contribution in [0, 0.1) is 6.92 Å². The Kier molecular flexibility index (Phi) is 2.00. The molecule has 1 heterocycles. The molecule has 1 saturated heterocycles. The van der Waals surface area contributed by atoms with Gasteiger partial charge in [-0.15, -0.1) is 0 Å². The molecule has 0 radical (unpaired) electrons. The Balaban J connectivity index is 2.51. The van der Waals surface area contributed by atoms with Crippen LogP contribution in [0.2, 0.25) is 0 Å². The van der Waals surface area contributed by atoms with Crippen LogP contribution in [0.1, 0.15) is 18.1 Å². The number of aryl methyl sites for hydroxylation is 1. The number of hydrogen-bond acceptors (Lipinski definition) is 2. The molecule has 1 unspecified atom stereocenters. The number of rotatable bonds is 1. The van der Waals surface area contributed by atoms with Crippen molar-refractivity contribution in [3.05, 3.63) is 35.4 Å². The summed E-state index contributed by atoms with van der Waals surface area (Å²) in [6, 6.07) is 7.08. The zero-order valence-electron chi connectivity index (χ0n) is 8.63. The quantitative estimate of drug-likeness (QED) is 0.672. The first-order valence-electron chi connectivity index (χ1n) is 4.74. The summed E-state index contributed by atoms with van der Waals surface area (Å²) < 4.78 is 0. The maximum absolute atomic E-state index is 11.7. The number of hydrogen-bond donors (Lipinski definition) is 2. The van der Waals surface area contributed by atoms with Gasteiger partial charge in [-0.25, -0.2) is 4.79 Å². The monoisotopic (exact) mass is 204 g/mol. The Hall–Kier alpha value is -1.84. The van der Waals surface area contributed by atoms with E-state index in [1.807, 2.05) is 31.2 Å². The van der Waals surface area contributed by atoms with Crippen molar-refractivity contribution in [1.82, 2.24) is 10.6 Å². The van der Waals surface area contributed by atoms with Crippen molar-refractivity contribution < 1.29 is 9.59 Å². The average Bonchev–Trinajstić information content (AvgIpc) is 2.42. The van der Waals surface area contributed by atoms with E-state index in [9.17, 15) is 9.59 Å². The number of carbonyl (C=O) groups is 2. The minimum atomic E-state index is -0.942. The molecule has 1 fully saturated rings. The van der Waals surface area contributed by atoms with Gasteiger partial charge in [-0.05, 0) is 25.0 Å². The van der Waals surface area contributed by atoms with Crippen LogP contribution in [0.4, 0.5) is 4.79 Å². The van der Waals surface area contributed by atoms with E-state index in [0.717, 1.165) is 11.1 Å². The van der Waals surface area contributed by atoms with Gasteiger partial charge in [0.2, 0.25) is 0 Å². The number of amides is 3. The highest BCUT2D eigenvalue weighted by Crippen LogP contribution is 2.26. The van der Waals surface area contributed by atoms with Crippen LogP contribution in [-0.2, 0) is 10.3 Å². The molecule has 0 spiro atoms. The molecule has 1 aromatic rings. The summed E-state index contributed by atoms with van der Waals surface area (Å²) in [7, 11) is 0. The summed E-state index contributed by atoms with van der Waals surface area (Å²) in [5.41, 5.74) is 0.869. The molecule has 0 saturated carbocycles. The van der Waals surface area contributed by atoms with Crippen molar-refractivity contribution in [1.29, 1.82) is 0 Å². The SMILES string of the molecule is Cc1ccccc1C1(C)NC(=O)NC1=O. The summed E-state index contributed by atoms with van der Waals surface area (Å²) in [5.74, 6) is -0.304. The van der Waals surface area contributed by atoms with Crippen molar-refractivity contribution in [3.63, 3.8) is 0 Å². The first kappa shape index (κ1) is 9.71. The molecule has 4 heteroatoms. The Morgan fingerprint density at radius 1 is 1.20 bits per heavy atom. The predicted molar refractivity (Wildman–Crippen MR) is 55.2 cm³/mol. The molecule has 0 aromatic heterocycles.